The molecule has 0 saturated carbocycles. The standard InChI is InChI=1S/C20H33NO2/c1-3-4-5-6-7-8-9-10-11-12-17-21-19-15-13-18(14-16-19)20(22)23-2/h13-16,21H,3-12,17H2,1-2H3. The van der Waals surface area contributed by atoms with Crippen molar-refractivity contribution in [3.63, 3.8) is 0 Å². The molecule has 0 radical (unpaired) electrons. The SMILES string of the molecule is CCCCCCCCCCCCNc1ccc(C(=O)OC)cc1. The number of hydrogen-bond donors (Lipinski definition) is 1. The van der Waals surface area contributed by atoms with Crippen molar-refractivity contribution in [3.8, 4) is 0 Å². The molecule has 3 heteroatoms. The van der Waals surface area contributed by atoms with Crippen molar-refractivity contribution in [2.24, 2.45) is 0 Å². The van der Waals surface area contributed by atoms with Crippen LogP contribution < -0.4 is 5.32 Å². The van der Waals surface area contributed by atoms with Gasteiger partial charge in [0.15, 0.2) is 0 Å². The van der Waals surface area contributed by atoms with Crippen LogP contribution in [0.4, 0.5) is 5.69 Å². The lowest BCUT2D eigenvalue weighted by Gasteiger charge is -2.07. The van der Waals surface area contributed by atoms with E-state index in [0.29, 0.717) is 5.56 Å². The van der Waals surface area contributed by atoms with Crippen LogP contribution in [0.15, 0.2) is 24.3 Å². The number of unbranched alkanes of at least 4 members (excludes halogenated alkanes) is 9. The summed E-state index contributed by atoms with van der Waals surface area (Å²) in [5.41, 5.74) is 1.66. The van der Waals surface area contributed by atoms with Crippen molar-refractivity contribution in [2.75, 3.05) is 19.0 Å². The van der Waals surface area contributed by atoms with E-state index in [1.807, 2.05) is 12.1 Å². The maximum atomic E-state index is 11.3. The first-order valence-electron chi connectivity index (χ1n) is 9.20. The minimum absolute atomic E-state index is 0.286. The minimum atomic E-state index is -0.286. The second kappa shape index (κ2) is 13.0. The number of anilines is 1. The Morgan fingerprint density at radius 3 is 1.91 bits per heavy atom. The Morgan fingerprint density at radius 2 is 1.39 bits per heavy atom. The minimum Gasteiger partial charge on any atom is -0.465 e. The van der Waals surface area contributed by atoms with Gasteiger partial charge in [-0.2, -0.15) is 0 Å². The van der Waals surface area contributed by atoms with Crippen molar-refractivity contribution in [3.05, 3.63) is 29.8 Å². The van der Waals surface area contributed by atoms with Gasteiger partial charge in [0.05, 0.1) is 12.7 Å². The molecule has 130 valence electrons. The van der Waals surface area contributed by atoms with E-state index in [1.165, 1.54) is 71.3 Å². The zero-order valence-corrected chi connectivity index (χ0v) is 14.9. The molecule has 0 aliphatic carbocycles. The molecule has 0 heterocycles. The fraction of sp³-hybridized carbons (Fsp3) is 0.650. The highest BCUT2D eigenvalue weighted by molar-refractivity contribution is 5.89. The van der Waals surface area contributed by atoms with Crippen LogP contribution in [0.2, 0.25) is 0 Å². The number of carbonyl (C=O) groups is 1. The third kappa shape index (κ3) is 9.27. The summed E-state index contributed by atoms with van der Waals surface area (Å²) in [6.45, 7) is 3.26. The molecule has 1 aromatic rings. The van der Waals surface area contributed by atoms with Crippen molar-refractivity contribution >= 4 is 11.7 Å². The molecule has 23 heavy (non-hydrogen) atoms. The number of carbonyl (C=O) groups excluding carboxylic acids is 1. The second-order valence-corrected chi connectivity index (χ2v) is 6.18. The highest BCUT2D eigenvalue weighted by atomic mass is 16.5. The first-order valence-corrected chi connectivity index (χ1v) is 9.20. The Hall–Kier alpha value is -1.51. The molecule has 0 aromatic heterocycles. The Bertz CT molecular complexity index is 414. The number of rotatable bonds is 13. The van der Waals surface area contributed by atoms with E-state index in [2.05, 4.69) is 17.0 Å². The zero-order chi connectivity index (χ0) is 16.8. The van der Waals surface area contributed by atoms with Crippen LogP contribution in [0, 0.1) is 0 Å². The summed E-state index contributed by atoms with van der Waals surface area (Å²) in [7, 11) is 1.40. The Labute approximate surface area is 141 Å². The summed E-state index contributed by atoms with van der Waals surface area (Å²) in [6, 6.07) is 7.46. The Morgan fingerprint density at radius 1 is 0.870 bits per heavy atom. The van der Waals surface area contributed by atoms with Crippen molar-refractivity contribution in [2.45, 2.75) is 71.1 Å². The molecule has 0 saturated heterocycles. The molecule has 0 fully saturated rings. The highest BCUT2D eigenvalue weighted by Crippen LogP contribution is 2.12. The van der Waals surface area contributed by atoms with Gasteiger partial charge < -0.3 is 10.1 Å². The number of benzene rings is 1. The fourth-order valence-electron chi connectivity index (χ4n) is 2.69. The molecular formula is C20H33NO2. The topological polar surface area (TPSA) is 38.3 Å². The van der Waals surface area contributed by atoms with Crippen LogP contribution in [0.5, 0.6) is 0 Å². The molecule has 0 bridgehead atoms. The monoisotopic (exact) mass is 319 g/mol. The van der Waals surface area contributed by atoms with Crippen molar-refractivity contribution < 1.29 is 9.53 Å². The van der Waals surface area contributed by atoms with Crippen LogP contribution in [-0.4, -0.2) is 19.6 Å². The van der Waals surface area contributed by atoms with Gasteiger partial charge in [-0.3, -0.25) is 0 Å². The van der Waals surface area contributed by atoms with Crippen LogP contribution in [0.25, 0.3) is 0 Å². The van der Waals surface area contributed by atoms with Gasteiger partial charge in [0.1, 0.15) is 0 Å². The summed E-state index contributed by atoms with van der Waals surface area (Å²) in [5, 5.41) is 3.40. The first kappa shape index (κ1) is 19.5. The maximum absolute atomic E-state index is 11.3. The van der Waals surface area contributed by atoms with E-state index in [4.69, 9.17) is 0 Å². The van der Waals surface area contributed by atoms with Gasteiger partial charge >= 0.3 is 5.97 Å². The van der Waals surface area contributed by atoms with Gasteiger partial charge in [-0.15, -0.1) is 0 Å². The molecule has 1 aromatic carbocycles. The van der Waals surface area contributed by atoms with E-state index >= 15 is 0 Å². The van der Waals surface area contributed by atoms with E-state index in [1.54, 1.807) is 12.1 Å². The average Bonchev–Trinajstić information content (AvgIpc) is 2.59. The molecule has 0 spiro atoms. The number of esters is 1. The lowest BCUT2D eigenvalue weighted by molar-refractivity contribution is 0.0601. The number of nitrogens with one attached hydrogen (secondary N) is 1. The summed E-state index contributed by atoms with van der Waals surface area (Å²) >= 11 is 0. The molecule has 3 nitrogen and oxygen atoms in total. The van der Waals surface area contributed by atoms with Gasteiger partial charge in [0.2, 0.25) is 0 Å². The molecular weight excluding hydrogens is 286 g/mol. The lowest BCUT2D eigenvalue weighted by Crippen LogP contribution is -2.03. The molecule has 0 aliphatic rings. The van der Waals surface area contributed by atoms with Crippen LogP contribution in [0.1, 0.15) is 81.5 Å². The van der Waals surface area contributed by atoms with E-state index < -0.39 is 0 Å². The number of ether oxygens (including phenoxy) is 1. The largest absolute Gasteiger partial charge is 0.465 e. The van der Waals surface area contributed by atoms with Gasteiger partial charge in [0, 0.05) is 12.2 Å². The van der Waals surface area contributed by atoms with E-state index in [0.717, 1.165) is 12.2 Å². The summed E-state index contributed by atoms with van der Waals surface area (Å²) in [5.74, 6) is -0.286. The zero-order valence-electron chi connectivity index (χ0n) is 14.9. The lowest BCUT2D eigenvalue weighted by atomic mass is 10.1. The van der Waals surface area contributed by atoms with Gasteiger partial charge in [0.25, 0.3) is 0 Å². The normalized spacial score (nSPS) is 10.5. The highest BCUT2D eigenvalue weighted by Gasteiger charge is 2.03. The molecule has 0 unspecified atom stereocenters. The van der Waals surface area contributed by atoms with Crippen molar-refractivity contribution in [1.29, 1.82) is 0 Å². The molecule has 0 atom stereocenters. The van der Waals surface area contributed by atoms with Crippen LogP contribution in [-0.2, 0) is 4.74 Å². The Kier molecular flexibility index (Phi) is 11.0. The van der Waals surface area contributed by atoms with Gasteiger partial charge in [-0.05, 0) is 30.7 Å². The predicted molar refractivity (Wildman–Crippen MR) is 98.1 cm³/mol. The quantitative estimate of drug-likeness (QED) is 0.368. The third-order valence-corrected chi connectivity index (χ3v) is 4.17. The van der Waals surface area contributed by atoms with E-state index in [9.17, 15) is 4.79 Å². The third-order valence-electron chi connectivity index (χ3n) is 4.17. The van der Waals surface area contributed by atoms with Gasteiger partial charge in [-0.1, -0.05) is 64.7 Å². The Balaban J connectivity index is 1.97. The molecule has 0 amide bonds. The molecule has 0 aliphatic heterocycles. The van der Waals surface area contributed by atoms with Crippen LogP contribution in [0.3, 0.4) is 0 Å². The van der Waals surface area contributed by atoms with Crippen molar-refractivity contribution in [1.82, 2.24) is 0 Å². The van der Waals surface area contributed by atoms with E-state index in [-0.39, 0.29) is 5.97 Å². The summed E-state index contributed by atoms with van der Waals surface area (Å²) in [6.07, 6.45) is 13.6. The fourth-order valence-corrected chi connectivity index (χ4v) is 2.69. The molecule has 1 N–H and O–H groups in total. The molecule has 1 rings (SSSR count). The second-order valence-electron chi connectivity index (χ2n) is 6.18. The maximum Gasteiger partial charge on any atom is 0.337 e. The predicted octanol–water partition coefficient (Wildman–Crippen LogP) is 5.81. The average molecular weight is 319 g/mol. The first-order chi connectivity index (χ1) is 11.3. The number of hydrogen-bond acceptors (Lipinski definition) is 3. The smallest absolute Gasteiger partial charge is 0.337 e. The van der Waals surface area contributed by atoms with Gasteiger partial charge in [-0.25, -0.2) is 4.79 Å². The summed E-state index contributed by atoms with van der Waals surface area (Å²) in [4.78, 5) is 11.3. The summed E-state index contributed by atoms with van der Waals surface area (Å²) < 4.78 is 4.69. The number of methoxy groups -OCH3 is 1. The van der Waals surface area contributed by atoms with Crippen LogP contribution >= 0.6 is 0 Å².